The fourth-order valence-electron chi connectivity index (χ4n) is 2.76. The van der Waals surface area contributed by atoms with Crippen LogP contribution in [0, 0.1) is 6.92 Å². The number of carbonyl (C=O) groups is 1. The van der Waals surface area contributed by atoms with Crippen molar-refractivity contribution in [3.8, 4) is 0 Å². The minimum atomic E-state index is -0.243. The number of pyridine rings is 1. The fraction of sp³-hybridized carbons (Fsp3) is 0.471. The molecular weight excluding hydrogens is 308 g/mol. The molecule has 24 heavy (non-hydrogen) atoms. The van der Waals surface area contributed by atoms with Gasteiger partial charge in [-0.3, -0.25) is 9.78 Å². The summed E-state index contributed by atoms with van der Waals surface area (Å²) in [6.45, 7) is 5.36. The molecule has 1 amide bonds. The number of nitrogens with zero attached hydrogens (tertiary/aromatic N) is 3. The lowest BCUT2D eigenvalue weighted by Crippen LogP contribution is -2.42. The number of hydrogen-bond donors (Lipinski definition) is 1. The molecule has 0 spiro atoms. The zero-order valence-corrected chi connectivity index (χ0v) is 14.2. The van der Waals surface area contributed by atoms with Gasteiger partial charge in [0.05, 0.1) is 18.8 Å². The molecule has 3 heterocycles. The average Bonchev–Trinajstić information content (AvgIpc) is 3.09. The van der Waals surface area contributed by atoms with Gasteiger partial charge in [0.25, 0.3) is 5.91 Å². The summed E-state index contributed by atoms with van der Waals surface area (Å²) in [5, 5.41) is 6.99. The normalized spacial score (nSPS) is 17.8. The van der Waals surface area contributed by atoms with E-state index in [2.05, 4.69) is 15.5 Å². The predicted molar refractivity (Wildman–Crippen MR) is 89.0 cm³/mol. The third kappa shape index (κ3) is 3.41. The van der Waals surface area contributed by atoms with Gasteiger partial charge in [0, 0.05) is 37.5 Å². The number of nitrogens with one attached hydrogen (secondary N) is 1. The smallest absolute Gasteiger partial charge is 0.276 e. The highest BCUT2D eigenvalue weighted by molar-refractivity contribution is 5.92. The van der Waals surface area contributed by atoms with E-state index in [0.29, 0.717) is 37.6 Å². The van der Waals surface area contributed by atoms with Crippen molar-refractivity contribution in [3.63, 3.8) is 0 Å². The molecule has 1 unspecified atom stereocenters. The molecule has 1 atom stereocenters. The Kier molecular flexibility index (Phi) is 4.80. The molecule has 3 rings (SSSR count). The van der Waals surface area contributed by atoms with Crippen molar-refractivity contribution in [1.29, 1.82) is 0 Å². The maximum Gasteiger partial charge on any atom is 0.276 e. The van der Waals surface area contributed by atoms with Crippen molar-refractivity contribution in [2.45, 2.75) is 26.4 Å². The Morgan fingerprint density at radius 3 is 2.96 bits per heavy atom. The molecule has 2 aromatic heterocycles. The largest absolute Gasteiger partial charge is 0.388 e. The molecule has 1 N–H and O–H groups in total. The third-order valence-corrected chi connectivity index (χ3v) is 4.07. The Hall–Kier alpha value is -2.41. The molecule has 1 saturated heterocycles. The number of amides is 1. The topological polar surface area (TPSA) is 80.5 Å². The maximum absolute atomic E-state index is 12.6. The summed E-state index contributed by atoms with van der Waals surface area (Å²) in [4.78, 5) is 18.9. The van der Waals surface area contributed by atoms with E-state index in [1.165, 1.54) is 0 Å². The van der Waals surface area contributed by atoms with Crippen LogP contribution in [0.4, 0.5) is 5.69 Å². The molecule has 0 aliphatic carbocycles. The van der Waals surface area contributed by atoms with E-state index in [1.807, 2.05) is 33.0 Å². The second-order valence-electron chi connectivity index (χ2n) is 5.81. The third-order valence-electron chi connectivity index (χ3n) is 4.07. The first-order valence-electron chi connectivity index (χ1n) is 8.13. The van der Waals surface area contributed by atoms with Gasteiger partial charge in [-0.15, -0.1) is 0 Å². The number of rotatable bonds is 4. The van der Waals surface area contributed by atoms with Crippen LogP contribution in [0.25, 0.3) is 0 Å². The molecule has 0 aromatic carbocycles. The van der Waals surface area contributed by atoms with Crippen LogP contribution in [0.1, 0.15) is 40.7 Å². The number of carbonyl (C=O) groups excluding carboxylic acids is 1. The summed E-state index contributed by atoms with van der Waals surface area (Å²) >= 11 is 0. The molecule has 7 nitrogen and oxygen atoms in total. The van der Waals surface area contributed by atoms with Gasteiger partial charge < -0.3 is 19.5 Å². The summed E-state index contributed by atoms with van der Waals surface area (Å²) in [6.07, 6.45) is 0.471. The first-order chi connectivity index (χ1) is 11.6. The lowest BCUT2D eigenvalue weighted by molar-refractivity contribution is -0.0250. The van der Waals surface area contributed by atoms with E-state index in [0.717, 1.165) is 17.1 Å². The molecule has 7 heteroatoms. The van der Waals surface area contributed by atoms with Gasteiger partial charge in [-0.25, -0.2) is 0 Å². The zero-order chi connectivity index (χ0) is 17.1. The Bertz CT molecular complexity index is 728. The van der Waals surface area contributed by atoms with E-state index in [1.54, 1.807) is 11.0 Å². The zero-order valence-electron chi connectivity index (χ0n) is 14.2. The van der Waals surface area contributed by atoms with Crippen LogP contribution in [-0.2, 0) is 11.2 Å². The average molecular weight is 330 g/mol. The highest BCUT2D eigenvalue weighted by atomic mass is 16.5. The first kappa shape index (κ1) is 16.4. The van der Waals surface area contributed by atoms with Crippen molar-refractivity contribution < 1.29 is 14.1 Å². The highest BCUT2D eigenvalue weighted by Gasteiger charge is 2.28. The van der Waals surface area contributed by atoms with Crippen LogP contribution in [0.2, 0.25) is 0 Å². The van der Waals surface area contributed by atoms with E-state index in [9.17, 15) is 4.79 Å². The maximum atomic E-state index is 12.6. The van der Waals surface area contributed by atoms with Gasteiger partial charge in [0.1, 0.15) is 11.9 Å². The molecule has 0 bridgehead atoms. The lowest BCUT2D eigenvalue weighted by atomic mass is 10.1. The number of ether oxygens (including phenoxy) is 1. The number of hydrogen-bond acceptors (Lipinski definition) is 6. The molecule has 2 aromatic rings. The second-order valence-corrected chi connectivity index (χ2v) is 5.81. The van der Waals surface area contributed by atoms with E-state index >= 15 is 0 Å². The molecule has 1 aliphatic rings. The SMILES string of the molecule is CCc1cc(C(=O)N2CCOC(c3cc(NC)cc(C)n3)C2)no1. The number of aromatic nitrogens is 2. The van der Waals surface area contributed by atoms with E-state index in [4.69, 9.17) is 9.26 Å². The van der Waals surface area contributed by atoms with Crippen LogP contribution >= 0.6 is 0 Å². The van der Waals surface area contributed by atoms with Gasteiger partial charge in [0.15, 0.2) is 5.69 Å². The summed E-state index contributed by atoms with van der Waals surface area (Å²) in [7, 11) is 1.87. The number of morpholine rings is 1. The van der Waals surface area contributed by atoms with Gasteiger partial charge in [-0.2, -0.15) is 0 Å². The predicted octanol–water partition coefficient (Wildman–Crippen LogP) is 2.20. The van der Waals surface area contributed by atoms with Crippen molar-refractivity contribution >= 4 is 11.6 Å². The molecular formula is C17H22N4O3. The molecule has 0 saturated carbocycles. The van der Waals surface area contributed by atoms with E-state index < -0.39 is 0 Å². The van der Waals surface area contributed by atoms with Crippen LogP contribution in [0.3, 0.4) is 0 Å². The summed E-state index contributed by atoms with van der Waals surface area (Å²) in [6, 6.07) is 5.63. The van der Waals surface area contributed by atoms with Crippen LogP contribution in [0.5, 0.6) is 0 Å². The number of aryl methyl sites for hydroxylation is 2. The van der Waals surface area contributed by atoms with Gasteiger partial charge in [-0.05, 0) is 19.1 Å². The highest BCUT2D eigenvalue weighted by Crippen LogP contribution is 2.24. The van der Waals surface area contributed by atoms with Crippen LogP contribution in [0.15, 0.2) is 22.7 Å². The molecule has 128 valence electrons. The Labute approximate surface area is 141 Å². The van der Waals surface area contributed by atoms with Crippen molar-refractivity contribution in [1.82, 2.24) is 15.0 Å². The van der Waals surface area contributed by atoms with Crippen LogP contribution in [-0.4, -0.2) is 47.7 Å². The quantitative estimate of drug-likeness (QED) is 0.925. The summed E-state index contributed by atoms with van der Waals surface area (Å²) in [5.74, 6) is 0.579. The minimum Gasteiger partial charge on any atom is -0.388 e. The Morgan fingerprint density at radius 1 is 1.42 bits per heavy atom. The molecule has 1 aliphatic heterocycles. The summed E-state index contributed by atoms with van der Waals surface area (Å²) in [5.41, 5.74) is 3.06. The van der Waals surface area contributed by atoms with Crippen LogP contribution < -0.4 is 5.32 Å². The Morgan fingerprint density at radius 2 is 2.25 bits per heavy atom. The second kappa shape index (κ2) is 7.00. The van der Waals surface area contributed by atoms with Gasteiger partial charge >= 0.3 is 0 Å². The van der Waals surface area contributed by atoms with Gasteiger partial charge in [0.2, 0.25) is 0 Å². The van der Waals surface area contributed by atoms with Gasteiger partial charge in [-0.1, -0.05) is 12.1 Å². The van der Waals surface area contributed by atoms with Crippen molar-refractivity contribution in [2.75, 3.05) is 32.1 Å². The fourth-order valence-corrected chi connectivity index (χ4v) is 2.76. The van der Waals surface area contributed by atoms with Crippen molar-refractivity contribution in [2.24, 2.45) is 0 Å². The lowest BCUT2D eigenvalue weighted by Gasteiger charge is -2.32. The van der Waals surface area contributed by atoms with Crippen molar-refractivity contribution in [3.05, 3.63) is 41.0 Å². The standard InChI is InChI=1S/C17H22N4O3/c1-4-13-9-15(20-24-13)17(22)21-5-6-23-16(10-21)14-8-12(18-3)7-11(2)19-14/h7-9,16H,4-6,10H2,1-3H3,(H,18,19). The number of anilines is 1. The Balaban J connectivity index is 1.76. The molecule has 0 radical (unpaired) electrons. The molecule has 1 fully saturated rings. The monoisotopic (exact) mass is 330 g/mol. The van der Waals surface area contributed by atoms with E-state index in [-0.39, 0.29) is 12.0 Å². The summed E-state index contributed by atoms with van der Waals surface area (Å²) < 4.78 is 11.0. The first-order valence-corrected chi connectivity index (χ1v) is 8.13. The minimum absolute atomic E-state index is 0.131.